The standard InChI is InChI=1S/C25H26O7Si/c26-24(27)19-20(25(28)29)11-10-18-33(30-21-12-4-1-5-13-21,31-22-14-6-2-7-15-22)32-23-16-8-3-9-17-23/h1-9,12-17,20H,10-11,18-19H2,(H,26,27)(H,28,29). The van der Waals surface area contributed by atoms with E-state index in [4.69, 9.17) is 18.4 Å². The molecule has 0 spiro atoms. The Morgan fingerprint density at radius 1 is 0.697 bits per heavy atom. The van der Waals surface area contributed by atoms with Crippen molar-refractivity contribution in [1.82, 2.24) is 0 Å². The largest absolute Gasteiger partial charge is 0.699 e. The van der Waals surface area contributed by atoms with Crippen LogP contribution in [0.4, 0.5) is 0 Å². The van der Waals surface area contributed by atoms with Crippen LogP contribution in [0.5, 0.6) is 17.2 Å². The summed E-state index contributed by atoms with van der Waals surface area (Å²) < 4.78 is 19.1. The highest BCUT2D eigenvalue weighted by atomic mass is 28.4. The van der Waals surface area contributed by atoms with Crippen molar-refractivity contribution in [1.29, 1.82) is 0 Å². The fourth-order valence-electron chi connectivity index (χ4n) is 3.31. The number of aliphatic carboxylic acids is 2. The molecule has 2 N–H and O–H groups in total. The molecule has 33 heavy (non-hydrogen) atoms. The van der Waals surface area contributed by atoms with Crippen molar-refractivity contribution >= 4 is 20.7 Å². The minimum Gasteiger partial charge on any atom is -0.483 e. The normalized spacial score (nSPS) is 11.9. The van der Waals surface area contributed by atoms with Crippen molar-refractivity contribution in [2.45, 2.75) is 25.3 Å². The van der Waals surface area contributed by atoms with Gasteiger partial charge >= 0.3 is 20.7 Å². The Morgan fingerprint density at radius 3 is 1.42 bits per heavy atom. The van der Waals surface area contributed by atoms with E-state index in [1.54, 1.807) is 36.4 Å². The van der Waals surface area contributed by atoms with Gasteiger partial charge in [-0.1, -0.05) is 54.6 Å². The molecule has 3 aromatic carbocycles. The molecule has 0 amide bonds. The molecule has 0 saturated heterocycles. The van der Waals surface area contributed by atoms with Gasteiger partial charge in [-0.3, -0.25) is 9.59 Å². The Labute approximate surface area is 193 Å². The van der Waals surface area contributed by atoms with Gasteiger partial charge in [-0.15, -0.1) is 0 Å². The first kappa shape index (κ1) is 23.9. The van der Waals surface area contributed by atoms with Gasteiger partial charge in [0.2, 0.25) is 0 Å². The van der Waals surface area contributed by atoms with Crippen LogP contribution in [-0.2, 0) is 9.59 Å². The van der Waals surface area contributed by atoms with Gasteiger partial charge < -0.3 is 23.5 Å². The summed E-state index contributed by atoms with van der Waals surface area (Å²) in [4.78, 5) is 22.6. The zero-order chi connectivity index (χ0) is 23.5. The Balaban J connectivity index is 1.90. The molecule has 1 unspecified atom stereocenters. The fourth-order valence-corrected chi connectivity index (χ4v) is 5.86. The summed E-state index contributed by atoms with van der Waals surface area (Å²) in [6.07, 6.45) is 0.0658. The van der Waals surface area contributed by atoms with E-state index in [1.807, 2.05) is 54.6 Å². The maximum absolute atomic E-state index is 11.5. The molecule has 0 aliphatic heterocycles. The number of hydrogen-bond donors (Lipinski definition) is 2. The predicted octanol–water partition coefficient (Wildman–Crippen LogP) is 5.12. The highest BCUT2D eigenvalue weighted by Crippen LogP contribution is 2.29. The third-order valence-corrected chi connectivity index (χ3v) is 7.46. The SMILES string of the molecule is O=C(O)CC(CCC[Si](Oc1ccccc1)(Oc1ccccc1)Oc1ccccc1)C(=O)O. The Morgan fingerprint density at radius 2 is 1.09 bits per heavy atom. The Kier molecular flexibility index (Phi) is 8.48. The summed E-state index contributed by atoms with van der Waals surface area (Å²) in [7, 11) is -3.50. The van der Waals surface area contributed by atoms with Crippen LogP contribution in [-0.4, -0.2) is 31.0 Å². The van der Waals surface area contributed by atoms with Crippen LogP contribution in [0, 0.1) is 5.92 Å². The van der Waals surface area contributed by atoms with Crippen LogP contribution in [0.1, 0.15) is 19.3 Å². The van der Waals surface area contributed by atoms with Crippen molar-refractivity contribution in [2.24, 2.45) is 5.92 Å². The third kappa shape index (κ3) is 7.69. The van der Waals surface area contributed by atoms with Gasteiger partial charge in [0.1, 0.15) is 17.2 Å². The van der Waals surface area contributed by atoms with Crippen LogP contribution in [0.15, 0.2) is 91.0 Å². The molecule has 1 atom stereocenters. The number of para-hydroxylation sites is 3. The number of carboxylic acid groups (broad SMARTS) is 2. The summed E-state index contributed by atoms with van der Waals surface area (Å²) >= 11 is 0. The molecule has 8 heteroatoms. The number of benzene rings is 3. The Bertz CT molecular complexity index is 911. The van der Waals surface area contributed by atoms with Crippen molar-refractivity contribution in [3.8, 4) is 17.2 Å². The number of rotatable bonds is 13. The second kappa shape index (κ2) is 11.7. The quantitative estimate of drug-likeness (QED) is 0.337. The summed E-state index contributed by atoms with van der Waals surface area (Å²) in [6.45, 7) is 0. The topological polar surface area (TPSA) is 102 Å². The van der Waals surface area contributed by atoms with E-state index in [0.717, 1.165) is 0 Å². The van der Waals surface area contributed by atoms with Gasteiger partial charge in [-0.2, -0.15) is 0 Å². The third-order valence-electron chi connectivity index (χ3n) is 4.86. The van der Waals surface area contributed by atoms with Gasteiger partial charge in [-0.05, 0) is 49.2 Å². The first-order valence-corrected chi connectivity index (χ1v) is 12.6. The second-order valence-corrected chi connectivity index (χ2v) is 9.93. The van der Waals surface area contributed by atoms with Crippen LogP contribution in [0.2, 0.25) is 6.04 Å². The monoisotopic (exact) mass is 466 g/mol. The van der Waals surface area contributed by atoms with Crippen molar-refractivity contribution < 1.29 is 33.1 Å². The first-order valence-electron chi connectivity index (χ1n) is 10.6. The summed E-state index contributed by atoms with van der Waals surface area (Å²) in [5, 5.41) is 18.5. The maximum Gasteiger partial charge on any atom is 0.699 e. The highest BCUT2D eigenvalue weighted by Gasteiger charge is 2.49. The molecule has 0 aliphatic carbocycles. The summed E-state index contributed by atoms with van der Waals surface area (Å²) in [5.41, 5.74) is 0. The average Bonchev–Trinajstić information content (AvgIpc) is 2.80. The number of carbonyl (C=O) groups is 2. The van der Waals surface area contributed by atoms with Gasteiger partial charge in [0.05, 0.1) is 18.4 Å². The molecule has 0 saturated carbocycles. The average molecular weight is 467 g/mol. The van der Waals surface area contributed by atoms with Crippen LogP contribution < -0.4 is 13.3 Å². The van der Waals surface area contributed by atoms with Gasteiger partial charge in [0.15, 0.2) is 0 Å². The molecule has 3 aromatic rings. The molecular formula is C25H26O7Si. The van der Waals surface area contributed by atoms with E-state index in [1.165, 1.54) is 0 Å². The van der Waals surface area contributed by atoms with E-state index in [-0.39, 0.29) is 12.5 Å². The summed E-state index contributed by atoms with van der Waals surface area (Å²) in [6, 6.07) is 27.7. The lowest BCUT2D eigenvalue weighted by atomic mass is 10.0. The molecule has 0 radical (unpaired) electrons. The van der Waals surface area contributed by atoms with Crippen molar-refractivity contribution in [3.63, 3.8) is 0 Å². The van der Waals surface area contributed by atoms with Gasteiger partial charge in [-0.25, -0.2) is 0 Å². The second-order valence-electron chi connectivity index (χ2n) is 7.45. The lowest BCUT2D eigenvalue weighted by Gasteiger charge is -2.30. The van der Waals surface area contributed by atoms with Crippen LogP contribution >= 0.6 is 0 Å². The predicted molar refractivity (Wildman–Crippen MR) is 124 cm³/mol. The van der Waals surface area contributed by atoms with Crippen molar-refractivity contribution in [3.05, 3.63) is 91.0 Å². The molecule has 0 fully saturated rings. The molecule has 172 valence electrons. The van der Waals surface area contributed by atoms with E-state index >= 15 is 0 Å². The van der Waals surface area contributed by atoms with Crippen LogP contribution in [0.3, 0.4) is 0 Å². The molecule has 0 bridgehead atoms. The maximum atomic E-state index is 11.5. The molecule has 3 rings (SSSR count). The zero-order valence-electron chi connectivity index (χ0n) is 18.0. The fraction of sp³-hybridized carbons (Fsp3) is 0.200. The number of carboxylic acids is 2. The first-order chi connectivity index (χ1) is 16.0. The summed E-state index contributed by atoms with van der Waals surface area (Å²) in [5.74, 6) is -1.59. The lowest BCUT2D eigenvalue weighted by Crippen LogP contribution is -2.54. The minimum atomic E-state index is -3.50. The number of hydrogen-bond acceptors (Lipinski definition) is 5. The van der Waals surface area contributed by atoms with E-state index in [0.29, 0.717) is 23.7 Å². The molecule has 7 nitrogen and oxygen atoms in total. The molecule has 0 aliphatic rings. The van der Waals surface area contributed by atoms with Crippen molar-refractivity contribution in [2.75, 3.05) is 0 Å². The lowest BCUT2D eigenvalue weighted by molar-refractivity contribution is -0.148. The van der Waals surface area contributed by atoms with E-state index < -0.39 is 33.1 Å². The molecular weight excluding hydrogens is 440 g/mol. The smallest absolute Gasteiger partial charge is 0.483 e. The van der Waals surface area contributed by atoms with E-state index in [2.05, 4.69) is 0 Å². The highest BCUT2D eigenvalue weighted by molar-refractivity contribution is 6.63. The van der Waals surface area contributed by atoms with E-state index in [9.17, 15) is 14.7 Å². The molecule has 0 heterocycles. The van der Waals surface area contributed by atoms with Gasteiger partial charge in [0.25, 0.3) is 0 Å². The zero-order valence-corrected chi connectivity index (χ0v) is 19.0. The minimum absolute atomic E-state index is 0.158. The molecule has 0 aromatic heterocycles. The van der Waals surface area contributed by atoms with Gasteiger partial charge in [0, 0.05) is 0 Å². The Hall–Kier alpha value is -3.78. The van der Waals surface area contributed by atoms with Crippen LogP contribution in [0.25, 0.3) is 0 Å².